The summed E-state index contributed by atoms with van der Waals surface area (Å²) in [7, 11) is 0. The van der Waals surface area contributed by atoms with Gasteiger partial charge >= 0.3 is 5.97 Å². The van der Waals surface area contributed by atoms with Crippen molar-refractivity contribution in [1.29, 1.82) is 0 Å². The average molecular weight is 445 g/mol. The molecule has 0 radical (unpaired) electrons. The minimum Gasteiger partial charge on any atom is -0.490 e. The smallest absolute Gasteiger partial charge is 0.359 e. The Morgan fingerprint density at radius 1 is 1.11 bits per heavy atom. The van der Waals surface area contributed by atoms with E-state index >= 15 is 0 Å². The standard InChI is InChI=1S/C21H21BrN2O4/c1-14(2)13-24-20(25)18-9-4-3-8-17(18)19(23-24)21(26)28-11-10-27-16-7-5-6-15(22)12-16/h3-9,12,14H,10-11,13H2,1-2H3. The van der Waals surface area contributed by atoms with Crippen LogP contribution in [0.25, 0.3) is 10.8 Å². The van der Waals surface area contributed by atoms with Gasteiger partial charge in [-0.05, 0) is 30.2 Å². The Morgan fingerprint density at radius 3 is 2.57 bits per heavy atom. The fourth-order valence-corrected chi connectivity index (χ4v) is 3.15. The van der Waals surface area contributed by atoms with Gasteiger partial charge in [-0.1, -0.05) is 54.0 Å². The summed E-state index contributed by atoms with van der Waals surface area (Å²) in [4.78, 5) is 25.2. The summed E-state index contributed by atoms with van der Waals surface area (Å²) in [6.07, 6.45) is 0. The molecule has 3 aromatic rings. The number of halogens is 1. The van der Waals surface area contributed by atoms with Gasteiger partial charge in [0.1, 0.15) is 19.0 Å². The predicted molar refractivity (Wildman–Crippen MR) is 111 cm³/mol. The van der Waals surface area contributed by atoms with E-state index in [2.05, 4.69) is 21.0 Å². The Kier molecular flexibility index (Phi) is 6.46. The molecule has 1 heterocycles. The van der Waals surface area contributed by atoms with Gasteiger partial charge < -0.3 is 9.47 Å². The van der Waals surface area contributed by atoms with Crippen LogP contribution < -0.4 is 10.3 Å². The lowest BCUT2D eigenvalue weighted by Crippen LogP contribution is -2.28. The van der Waals surface area contributed by atoms with Gasteiger partial charge in [-0.15, -0.1) is 0 Å². The maximum atomic E-state index is 12.6. The van der Waals surface area contributed by atoms with Crippen molar-refractivity contribution in [3.63, 3.8) is 0 Å². The molecule has 0 aliphatic rings. The molecule has 0 atom stereocenters. The Bertz CT molecular complexity index is 1050. The van der Waals surface area contributed by atoms with Crippen LogP contribution in [0.4, 0.5) is 0 Å². The summed E-state index contributed by atoms with van der Waals surface area (Å²) in [6, 6.07) is 14.4. The molecule has 0 N–H and O–H groups in total. The van der Waals surface area contributed by atoms with Gasteiger partial charge in [0.05, 0.1) is 5.39 Å². The van der Waals surface area contributed by atoms with Crippen LogP contribution in [0.2, 0.25) is 0 Å². The second-order valence-electron chi connectivity index (χ2n) is 6.72. The van der Waals surface area contributed by atoms with Crippen molar-refractivity contribution >= 4 is 32.7 Å². The molecule has 0 aliphatic heterocycles. The quantitative estimate of drug-likeness (QED) is 0.406. The van der Waals surface area contributed by atoms with Crippen LogP contribution in [0, 0.1) is 5.92 Å². The van der Waals surface area contributed by atoms with E-state index in [1.807, 2.05) is 38.1 Å². The minimum absolute atomic E-state index is 0.0741. The van der Waals surface area contributed by atoms with Crippen molar-refractivity contribution < 1.29 is 14.3 Å². The molecule has 0 aliphatic carbocycles. The van der Waals surface area contributed by atoms with Crippen LogP contribution in [0.15, 0.2) is 57.8 Å². The highest BCUT2D eigenvalue weighted by molar-refractivity contribution is 9.10. The zero-order valence-corrected chi connectivity index (χ0v) is 17.3. The molecular weight excluding hydrogens is 424 g/mol. The summed E-state index contributed by atoms with van der Waals surface area (Å²) in [5.74, 6) is 0.319. The van der Waals surface area contributed by atoms with Crippen LogP contribution in [0.3, 0.4) is 0 Å². The van der Waals surface area contributed by atoms with Gasteiger partial charge in [0.25, 0.3) is 5.56 Å². The van der Waals surface area contributed by atoms with E-state index in [1.165, 1.54) is 4.68 Å². The zero-order valence-electron chi connectivity index (χ0n) is 15.7. The maximum absolute atomic E-state index is 12.6. The number of carbonyl (C=O) groups excluding carboxylic acids is 1. The first kappa shape index (κ1) is 20.1. The molecule has 0 saturated carbocycles. The Morgan fingerprint density at radius 2 is 1.86 bits per heavy atom. The number of benzene rings is 2. The van der Waals surface area contributed by atoms with Gasteiger partial charge in [0.2, 0.25) is 0 Å². The van der Waals surface area contributed by atoms with Crippen molar-refractivity contribution in [2.75, 3.05) is 13.2 Å². The predicted octanol–water partition coefficient (Wildman–Crippen LogP) is 4.05. The molecule has 0 fully saturated rings. The third kappa shape index (κ3) is 4.78. The third-order valence-electron chi connectivity index (χ3n) is 3.98. The summed E-state index contributed by atoms with van der Waals surface area (Å²) < 4.78 is 13.2. The zero-order chi connectivity index (χ0) is 20.1. The number of hydrogen-bond acceptors (Lipinski definition) is 5. The fraction of sp³-hybridized carbons (Fsp3) is 0.286. The highest BCUT2D eigenvalue weighted by Crippen LogP contribution is 2.18. The second-order valence-corrected chi connectivity index (χ2v) is 7.63. The summed E-state index contributed by atoms with van der Waals surface area (Å²) >= 11 is 3.38. The lowest BCUT2D eigenvalue weighted by Gasteiger charge is -2.12. The Balaban J connectivity index is 1.75. The lowest BCUT2D eigenvalue weighted by molar-refractivity contribution is 0.0443. The highest BCUT2D eigenvalue weighted by atomic mass is 79.9. The molecule has 1 aromatic heterocycles. The van der Waals surface area contributed by atoms with E-state index < -0.39 is 5.97 Å². The van der Waals surface area contributed by atoms with Crippen molar-refractivity contribution in [3.8, 4) is 5.75 Å². The molecule has 0 spiro atoms. The second kappa shape index (κ2) is 9.01. The summed E-state index contributed by atoms with van der Waals surface area (Å²) in [5, 5.41) is 5.22. The SMILES string of the molecule is CC(C)Cn1nc(C(=O)OCCOc2cccc(Br)c2)c2ccccc2c1=O. The number of nitrogens with zero attached hydrogens (tertiary/aromatic N) is 2. The van der Waals surface area contributed by atoms with Crippen molar-refractivity contribution in [2.24, 2.45) is 5.92 Å². The van der Waals surface area contributed by atoms with Crippen LogP contribution in [-0.4, -0.2) is 29.0 Å². The third-order valence-corrected chi connectivity index (χ3v) is 4.47. The minimum atomic E-state index is -0.577. The van der Waals surface area contributed by atoms with E-state index in [0.717, 1.165) is 4.47 Å². The highest BCUT2D eigenvalue weighted by Gasteiger charge is 2.18. The first-order chi connectivity index (χ1) is 13.5. The van der Waals surface area contributed by atoms with Gasteiger partial charge in [-0.2, -0.15) is 5.10 Å². The fourth-order valence-electron chi connectivity index (χ4n) is 2.77. The number of esters is 1. The average Bonchev–Trinajstić information content (AvgIpc) is 2.67. The Hall–Kier alpha value is -2.67. The van der Waals surface area contributed by atoms with Gasteiger partial charge in [0.15, 0.2) is 5.69 Å². The molecular formula is C21H21BrN2O4. The van der Waals surface area contributed by atoms with Crippen molar-refractivity contribution in [2.45, 2.75) is 20.4 Å². The first-order valence-corrected chi connectivity index (χ1v) is 9.80. The monoisotopic (exact) mass is 444 g/mol. The molecule has 3 rings (SSSR count). The summed E-state index contributed by atoms with van der Waals surface area (Å²) in [6.45, 7) is 4.69. The topological polar surface area (TPSA) is 70.4 Å². The molecule has 28 heavy (non-hydrogen) atoms. The van der Waals surface area contributed by atoms with E-state index in [1.54, 1.807) is 24.3 Å². The van der Waals surface area contributed by atoms with E-state index in [0.29, 0.717) is 23.1 Å². The molecule has 6 nitrogen and oxygen atoms in total. The molecule has 0 unspecified atom stereocenters. The molecule has 0 saturated heterocycles. The van der Waals surface area contributed by atoms with Crippen molar-refractivity contribution in [3.05, 3.63) is 69.1 Å². The van der Waals surface area contributed by atoms with Gasteiger partial charge in [-0.3, -0.25) is 4.79 Å². The molecule has 0 amide bonds. The van der Waals surface area contributed by atoms with E-state index in [9.17, 15) is 9.59 Å². The molecule has 0 bridgehead atoms. The Labute approximate surface area is 171 Å². The van der Waals surface area contributed by atoms with E-state index in [-0.39, 0.29) is 30.4 Å². The maximum Gasteiger partial charge on any atom is 0.359 e. The number of ether oxygens (including phenoxy) is 2. The van der Waals surface area contributed by atoms with Crippen LogP contribution in [0.1, 0.15) is 24.3 Å². The van der Waals surface area contributed by atoms with Crippen LogP contribution in [-0.2, 0) is 11.3 Å². The largest absolute Gasteiger partial charge is 0.490 e. The summed E-state index contributed by atoms with van der Waals surface area (Å²) in [5.41, 5.74) is -0.0721. The van der Waals surface area contributed by atoms with Gasteiger partial charge in [0, 0.05) is 16.4 Å². The molecule has 7 heteroatoms. The first-order valence-electron chi connectivity index (χ1n) is 9.01. The van der Waals surface area contributed by atoms with Crippen LogP contribution in [0.5, 0.6) is 5.75 Å². The number of fused-ring (bicyclic) bond motifs is 1. The number of aromatic nitrogens is 2. The van der Waals surface area contributed by atoms with Gasteiger partial charge in [-0.25, -0.2) is 9.48 Å². The van der Waals surface area contributed by atoms with Crippen molar-refractivity contribution in [1.82, 2.24) is 9.78 Å². The van der Waals surface area contributed by atoms with E-state index in [4.69, 9.17) is 9.47 Å². The lowest BCUT2D eigenvalue weighted by atomic mass is 10.1. The normalized spacial score (nSPS) is 11.0. The molecule has 2 aromatic carbocycles. The van der Waals surface area contributed by atoms with Crippen LogP contribution >= 0.6 is 15.9 Å². The number of carbonyl (C=O) groups is 1. The number of hydrogen-bond donors (Lipinski definition) is 0. The molecule has 146 valence electrons. The number of rotatable bonds is 7.